The molecule has 2 N–H and O–H groups in total. The quantitative estimate of drug-likeness (QED) is 0.844. The smallest absolute Gasteiger partial charge is 0.141 e. The van der Waals surface area contributed by atoms with E-state index in [-0.39, 0.29) is 0 Å². The van der Waals surface area contributed by atoms with Crippen molar-refractivity contribution < 1.29 is 0 Å². The van der Waals surface area contributed by atoms with Gasteiger partial charge in [0.15, 0.2) is 0 Å². The monoisotopic (exact) mass is 229 g/mol. The van der Waals surface area contributed by atoms with Gasteiger partial charge in [0, 0.05) is 6.42 Å². The van der Waals surface area contributed by atoms with Crippen molar-refractivity contribution in [2.75, 3.05) is 5.73 Å². The number of hydrogen-bond donors (Lipinski definition) is 1. The van der Waals surface area contributed by atoms with Gasteiger partial charge in [0.25, 0.3) is 0 Å². The number of aromatic nitrogens is 2. The number of nitrogens with zero attached hydrogens (tertiary/aromatic N) is 2. The molecule has 0 aliphatic carbocycles. The first-order valence-corrected chi connectivity index (χ1v) is 4.79. The highest BCUT2D eigenvalue weighted by Crippen LogP contribution is 2.21. The van der Waals surface area contributed by atoms with Crippen molar-refractivity contribution >= 4 is 21.7 Å². The summed E-state index contributed by atoms with van der Waals surface area (Å²) in [5.74, 6) is 1.35. The van der Waals surface area contributed by atoms with E-state index < -0.39 is 0 Å². The summed E-state index contributed by atoms with van der Waals surface area (Å²) < 4.78 is 0.835. The van der Waals surface area contributed by atoms with Crippen LogP contribution in [-0.4, -0.2) is 9.97 Å². The average molecular weight is 230 g/mol. The summed E-state index contributed by atoms with van der Waals surface area (Å²) in [4.78, 5) is 8.45. The topological polar surface area (TPSA) is 51.8 Å². The predicted octanol–water partition coefficient (Wildman–Crippen LogP) is 1.95. The lowest BCUT2D eigenvalue weighted by Gasteiger charge is -2.05. The van der Waals surface area contributed by atoms with Crippen LogP contribution in [0.4, 0.5) is 5.82 Å². The fraction of sp³-hybridized carbons (Fsp3) is 0.500. The highest BCUT2D eigenvalue weighted by atomic mass is 79.9. The molecule has 1 aromatic rings. The Bertz CT molecular complexity index is 286. The Kier molecular flexibility index (Phi) is 3.03. The second-order valence-electron chi connectivity index (χ2n) is 2.49. The second kappa shape index (κ2) is 3.85. The van der Waals surface area contributed by atoms with Gasteiger partial charge in [0.05, 0.1) is 10.2 Å². The number of nitrogens with two attached hydrogens (primary N) is 1. The Morgan fingerprint density at radius 3 is 2.42 bits per heavy atom. The van der Waals surface area contributed by atoms with Gasteiger partial charge in [-0.25, -0.2) is 9.97 Å². The zero-order valence-electron chi connectivity index (χ0n) is 7.26. The van der Waals surface area contributed by atoms with Gasteiger partial charge in [-0.3, -0.25) is 0 Å². The molecule has 0 unspecified atom stereocenters. The van der Waals surface area contributed by atoms with Gasteiger partial charge >= 0.3 is 0 Å². The molecule has 0 aromatic carbocycles. The Morgan fingerprint density at radius 1 is 1.25 bits per heavy atom. The van der Waals surface area contributed by atoms with Crippen molar-refractivity contribution in [3.05, 3.63) is 16.0 Å². The minimum absolute atomic E-state index is 0.540. The first kappa shape index (κ1) is 9.45. The van der Waals surface area contributed by atoms with Gasteiger partial charge in [-0.05, 0) is 22.4 Å². The average Bonchev–Trinajstić information content (AvgIpc) is 2.09. The Hall–Kier alpha value is -0.640. The van der Waals surface area contributed by atoms with E-state index in [4.69, 9.17) is 5.73 Å². The van der Waals surface area contributed by atoms with E-state index in [0.29, 0.717) is 5.82 Å². The normalized spacial score (nSPS) is 10.2. The molecule has 0 bridgehead atoms. The van der Waals surface area contributed by atoms with E-state index in [2.05, 4.69) is 25.9 Å². The van der Waals surface area contributed by atoms with Crippen LogP contribution < -0.4 is 5.73 Å². The largest absolute Gasteiger partial charge is 0.383 e. The first-order valence-electron chi connectivity index (χ1n) is 3.99. The van der Waals surface area contributed by atoms with Gasteiger partial charge in [-0.1, -0.05) is 13.8 Å². The molecular weight excluding hydrogens is 218 g/mol. The molecule has 4 heteroatoms. The minimum Gasteiger partial charge on any atom is -0.383 e. The van der Waals surface area contributed by atoms with E-state index in [1.807, 2.05) is 13.8 Å². The first-order chi connectivity index (χ1) is 5.69. The van der Waals surface area contributed by atoms with Gasteiger partial charge in [-0.2, -0.15) is 0 Å². The molecule has 0 aliphatic rings. The summed E-state index contributed by atoms with van der Waals surface area (Å²) in [6.07, 6.45) is 1.70. The Morgan fingerprint density at radius 2 is 1.92 bits per heavy atom. The van der Waals surface area contributed by atoms with Crippen molar-refractivity contribution in [2.24, 2.45) is 0 Å². The van der Waals surface area contributed by atoms with Crippen LogP contribution in [0.3, 0.4) is 0 Å². The molecule has 0 amide bonds. The molecule has 0 saturated carbocycles. The lowest BCUT2D eigenvalue weighted by atomic mass is 10.3. The molecule has 0 fully saturated rings. The number of nitrogen functional groups attached to an aromatic ring is 1. The van der Waals surface area contributed by atoms with Gasteiger partial charge in [-0.15, -0.1) is 0 Å². The van der Waals surface area contributed by atoms with Crippen LogP contribution in [0.15, 0.2) is 4.47 Å². The molecule has 1 heterocycles. The molecule has 3 nitrogen and oxygen atoms in total. The van der Waals surface area contributed by atoms with Crippen LogP contribution in [-0.2, 0) is 12.8 Å². The standard InChI is InChI=1S/C8H12BrN3/c1-3-5-7(9)8(10)12-6(4-2)11-5/h3-4H2,1-2H3,(H2,10,11,12). The molecule has 0 saturated heterocycles. The van der Waals surface area contributed by atoms with Crippen LogP contribution in [0.5, 0.6) is 0 Å². The summed E-state index contributed by atoms with van der Waals surface area (Å²) in [5.41, 5.74) is 6.66. The summed E-state index contributed by atoms with van der Waals surface area (Å²) in [6, 6.07) is 0. The summed E-state index contributed by atoms with van der Waals surface area (Å²) in [6.45, 7) is 4.06. The fourth-order valence-electron chi connectivity index (χ4n) is 0.958. The van der Waals surface area contributed by atoms with Crippen molar-refractivity contribution in [2.45, 2.75) is 26.7 Å². The SMILES string of the molecule is CCc1nc(N)c(Br)c(CC)n1. The van der Waals surface area contributed by atoms with Crippen LogP contribution in [0.2, 0.25) is 0 Å². The summed E-state index contributed by atoms with van der Waals surface area (Å²) in [5, 5.41) is 0. The Labute approximate surface area is 80.5 Å². The number of hydrogen-bond acceptors (Lipinski definition) is 3. The maximum atomic E-state index is 5.67. The zero-order valence-corrected chi connectivity index (χ0v) is 8.85. The van der Waals surface area contributed by atoms with E-state index >= 15 is 0 Å². The van der Waals surface area contributed by atoms with Crippen LogP contribution in [0.1, 0.15) is 25.4 Å². The van der Waals surface area contributed by atoms with Crippen molar-refractivity contribution in [1.82, 2.24) is 9.97 Å². The molecule has 0 spiro atoms. The molecule has 1 aromatic heterocycles. The maximum absolute atomic E-state index is 5.67. The number of rotatable bonds is 2. The van der Waals surface area contributed by atoms with Crippen LogP contribution in [0, 0.1) is 0 Å². The molecule has 0 atom stereocenters. The van der Waals surface area contributed by atoms with E-state index in [9.17, 15) is 0 Å². The van der Waals surface area contributed by atoms with E-state index in [0.717, 1.165) is 28.8 Å². The second-order valence-corrected chi connectivity index (χ2v) is 3.29. The molecule has 0 aliphatic heterocycles. The highest BCUT2D eigenvalue weighted by Gasteiger charge is 2.06. The predicted molar refractivity (Wildman–Crippen MR) is 52.9 cm³/mol. The number of aryl methyl sites for hydroxylation is 2. The van der Waals surface area contributed by atoms with E-state index in [1.54, 1.807) is 0 Å². The fourth-order valence-corrected chi connectivity index (χ4v) is 1.42. The Balaban J connectivity index is 3.19. The highest BCUT2D eigenvalue weighted by molar-refractivity contribution is 9.10. The third-order valence-electron chi connectivity index (χ3n) is 1.64. The van der Waals surface area contributed by atoms with Crippen molar-refractivity contribution in [1.29, 1.82) is 0 Å². The lowest BCUT2D eigenvalue weighted by Crippen LogP contribution is -2.03. The van der Waals surface area contributed by atoms with Gasteiger partial charge in [0.2, 0.25) is 0 Å². The van der Waals surface area contributed by atoms with Gasteiger partial charge in [0.1, 0.15) is 11.6 Å². The lowest BCUT2D eigenvalue weighted by molar-refractivity contribution is 0.885. The van der Waals surface area contributed by atoms with Crippen LogP contribution in [0.25, 0.3) is 0 Å². The third kappa shape index (κ3) is 1.75. The van der Waals surface area contributed by atoms with Crippen LogP contribution >= 0.6 is 15.9 Å². The molecule has 12 heavy (non-hydrogen) atoms. The molecular formula is C8H12BrN3. The zero-order chi connectivity index (χ0) is 9.14. The third-order valence-corrected chi connectivity index (χ3v) is 2.51. The number of halogens is 1. The molecule has 1 rings (SSSR count). The summed E-state index contributed by atoms with van der Waals surface area (Å²) >= 11 is 3.35. The minimum atomic E-state index is 0.540. The number of anilines is 1. The maximum Gasteiger partial charge on any atom is 0.141 e. The van der Waals surface area contributed by atoms with Crippen molar-refractivity contribution in [3.8, 4) is 0 Å². The molecule has 66 valence electrons. The molecule has 0 radical (unpaired) electrons. The van der Waals surface area contributed by atoms with Gasteiger partial charge < -0.3 is 5.73 Å². The van der Waals surface area contributed by atoms with E-state index in [1.165, 1.54) is 0 Å². The summed E-state index contributed by atoms with van der Waals surface area (Å²) in [7, 11) is 0. The van der Waals surface area contributed by atoms with Crippen molar-refractivity contribution in [3.63, 3.8) is 0 Å².